The van der Waals surface area contributed by atoms with E-state index in [9.17, 15) is 0 Å². The number of nitrogens with one attached hydrogen (secondary N) is 1. The quantitative estimate of drug-likeness (QED) is 0.817. The summed E-state index contributed by atoms with van der Waals surface area (Å²) in [5.74, 6) is 3.21. The molecule has 1 N–H and O–H groups in total. The van der Waals surface area contributed by atoms with Crippen LogP contribution in [0.3, 0.4) is 0 Å². The molecule has 96 valence electrons. The van der Waals surface area contributed by atoms with E-state index in [1.165, 1.54) is 21.5 Å². The monoisotopic (exact) mass is 315 g/mol. The van der Waals surface area contributed by atoms with Gasteiger partial charge in [0.1, 0.15) is 0 Å². The fraction of sp³-hybridized carbons (Fsp3) is 0.571. The molecule has 0 spiro atoms. The van der Waals surface area contributed by atoms with Crippen molar-refractivity contribution in [1.82, 2.24) is 5.32 Å². The minimum Gasteiger partial charge on any atom is -0.316 e. The second kappa shape index (κ2) is 8.17. The third-order valence-electron chi connectivity index (χ3n) is 2.55. The Labute approximate surface area is 118 Å². The molecule has 3 heteroatoms. The van der Waals surface area contributed by atoms with Gasteiger partial charge in [-0.25, -0.2) is 0 Å². The van der Waals surface area contributed by atoms with Gasteiger partial charge in [0.2, 0.25) is 0 Å². The van der Waals surface area contributed by atoms with Crippen molar-refractivity contribution in [2.75, 3.05) is 18.6 Å². The Bertz CT molecular complexity index is 328. The minimum absolute atomic E-state index is 0.563. The van der Waals surface area contributed by atoms with Crippen LogP contribution in [0.5, 0.6) is 0 Å². The van der Waals surface area contributed by atoms with Gasteiger partial charge in [-0.1, -0.05) is 41.9 Å². The second-order valence-corrected chi connectivity index (χ2v) is 6.74. The molecule has 0 fully saturated rings. The Morgan fingerprint density at radius 1 is 1.29 bits per heavy atom. The van der Waals surface area contributed by atoms with Crippen LogP contribution in [0, 0.1) is 5.92 Å². The molecular weight excluding hydrogens is 294 g/mol. The van der Waals surface area contributed by atoms with E-state index < -0.39 is 0 Å². The van der Waals surface area contributed by atoms with E-state index in [0.717, 1.165) is 12.3 Å². The lowest BCUT2D eigenvalue weighted by atomic mass is 10.1. The van der Waals surface area contributed by atoms with Crippen molar-refractivity contribution in [2.45, 2.75) is 26.3 Å². The molecule has 1 unspecified atom stereocenters. The number of halogens is 1. The van der Waals surface area contributed by atoms with Gasteiger partial charge in [-0.15, -0.1) is 0 Å². The van der Waals surface area contributed by atoms with Crippen LogP contribution in [0.2, 0.25) is 0 Å². The highest BCUT2D eigenvalue weighted by molar-refractivity contribution is 9.10. The highest BCUT2D eigenvalue weighted by atomic mass is 79.9. The second-order valence-electron chi connectivity index (χ2n) is 4.75. The minimum atomic E-state index is 0.563. The first-order valence-electron chi connectivity index (χ1n) is 6.11. The van der Waals surface area contributed by atoms with Gasteiger partial charge >= 0.3 is 0 Å². The summed E-state index contributed by atoms with van der Waals surface area (Å²) in [5.41, 5.74) is 1.39. The van der Waals surface area contributed by atoms with E-state index in [1.807, 2.05) is 11.8 Å². The van der Waals surface area contributed by atoms with Crippen molar-refractivity contribution in [3.8, 4) is 0 Å². The Balaban J connectivity index is 2.41. The van der Waals surface area contributed by atoms with Gasteiger partial charge in [-0.3, -0.25) is 0 Å². The van der Waals surface area contributed by atoms with Gasteiger partial charge in [0, 0.05) is 16.3 Å². The molecule has 1 rings (SSSR count). The summed E-state index contributed by atoms with van der Waals surface area (Å²) in [6, 6.07) is 9.14. The lowest BCUT2D eigenvalue weighted by Crippen LogP contribution is -2.30. The van der Waals surface area contributed by atoms with Crippen molar-refractivity contribution in [1.29, 1.82) is 0 Å². The number of hydrogen-bond donors (Lipinski definition) is 1. The van der Waals surface area contributed by atoms with Crippen molar-refractivity contribution < 1.29 is 0 Å². The third-order valence-corrected chi connectivity index (χ3v) is 4.58. The van der Waals surface area contributed by atoms with Gasteiger partial charge in [0.25, 0.3) is 0 Å². The number of rotatable bonds is 7. The first-order chi connectivity index (χ1) is 8.11. The molecule has 1 nitrogen and oxygen atoms in total. The molecule has 0 bridgehead atoms. The number of hydrogen-bond acceptors (Lipinski definition) is 2. The van der Waals surface area contributed by atoms with Gasteiger partial charge < -0.3 is 5.32 Å². The molecule has 0 aliphatic heterocycles. The molecule has 0 aliphatic rings. The summed E-state index contributed by atoms with van der Waals surface area (Å²) >= 11 is 5.56. The van der Waals surface area contributed by atoms with Crippen LogP contribution in [0.25, 0.3) is 0 Å². The van der Waals surface area contributed by atoms with Crippen LogP contribution in [-0.4, -0.2) is 24.6 Å². The van der Waals surface area contributed by atoms with Crippen LogP contribution in [0.15, 0.2) is 28.7 Å². The molecule has 0 saturated carbocycles. The Hall–Kier alpha value is 0.01000. The number of likely N-dealkylation sites (N-methyl/N-ethyl adjacent to an activating group) is 1. The summed E-state index contributed by atoms with van der Waals surface area (Å²) in [6.07, 6.45) is 1.10. The fourth-order valence-electron chi connectivity index (χ4n) is 1.64. The van der Waals surface area contributed by atoms with Crippen LogP contribution in [0.4, 0.5) is 0 Å². The molecule has 1 aromatic carbocycles. The average Bonchev–Trinajstić information content (AvgIpc) is 2.27. The summed E-state index contributed by atoms with van der Waals surface area (Å²) in [7, 11) is 2.05. The molecule has 1 aromatic rings. The third kappa shape index (κ3) is 6.49. The van der Waals surface area contributed by atoms with E-state index in [-0.39, 0.29) is 0 Å². The van der Waals surface area contributed by atoms with Gasteiger partial charge in [0.15, 0.2) is 0 Å². The van der Waals surface area contributed by atoms with Crippen LogP contribution in [-0.2, 0) is 6.42 Å². The summed E-state index contributed by atoms with van der Waals surface area (Å²) < 4.78 is 1.17. The average molecular weight is 316 g/mol. The summed E-state index contributed by atoms with van der Waals surface area (Å²) in [6.45, 7) is 4.55. The zero-order valence-corrected chi connectivity index (χ0v) is 13.3. The lowest BCUT2D eigenvalue weighted by molar-refractivity contribution is 0.615. The van der Waals surface area contributed by atoms with Crippen molar-refractivity contribution in [3.63, 3.8) is 0 Å². The Kier molecular flexibility index (Phi) is 7.24. The molecule has 0 saturated heterocycles. The zero-order chi connectivity index (χ0) is 12.7. The predicted octanol–water partition coefficient (Wildman–Crippen LogP) is 3.97. The summed E-state index contributed by atoms with van der Waals surface area (Å²) in [4.78, 5) is 0. The number of benzene rings is 1. The fourth-order valence-corrected chi connectivity index (χ4v) is 3.26. The highest BCUT2D eigenvalue weighted by Gasteiger charge is 2.08. The Morgan fingerprint density at radius 3 is 2.65 bits per heavy atom. The Morgan fingerprint density at radius 2 is 2.06 bits per heavy atom. The van der Waals surface area contributed by atoms with Gasteiger partial charge in [-0.2, -0.15) is 11.8 Å². The van der Waals surface area contributed by atoms with E-state index in [4.69, 9.17) is 0 Å². The van der Waals surface area contributed by atoms with Crippen LogP contribution in [0.1, 0.15) is 19.4 Å². The normalized spacial score (nSPS) is 13.0. The van der Waals surface area contributed by atoms with Gasteiger partial charge in [-0.05, 0) is 42.8 Å². The topological polar surface area (TPSA) is 12.0 Å². The molecule has 1 atom stereocenters. The predicted molar refractivity (Wildman–Crippen MR) is 82.9 cm³/mol. The molecular formula is C14H22BrNS. The van der Waals surface area contributed by atoms with Gasteiger partial charge in [0.05, 0.1) is 0 Å². The zero-order valence-electron chi connectivity index (χ0n) is 10.9. The SMILES string of the molecule is CNC(CSCC(C)C)Cc1cccc(Br)c1. The smallest absolute Gasteiger partial charge is 0.0195 e. The lowest BCUT2D eigenvalue weighted by Gasteiger charge is -2.16. The first kappa shape index (κ1) is 15.1. The van der Waals surface area contributed by atoms with E-state index in [2.05, 4.69) is 66.4 Å². The van der Waals surface area contributed by atoms with Crippen molar-refractivity contribution in [2.24, 2.45) is 5.92 Å². The number of thioether (sulfide) groups is 1. The highest BCUT2D eigenvalue weighted by Crippen LogP contribution is 2.15. The standard InChI is InChI=1S/C14H22BrNS/c1-11(2)9-17-10-14(16-3)8-12-5-4-6-13(15)7-12/h4-7,11,14,16H,8-10H2,1-3H3. The summed E-state index contributed by atoms with van der Waals surface area (Å²) in [5, 5.41) is 3.41. The van der Waals surface area contributed by atoms with E-state index >= 15 is 0 Å². The van der Waals surface area contributed by atoms with Crippen molar-refractivity contribution in [3.05, 3.63) is 34.3 Å². The van der Waals surface area contributed by atoms with E-state index in [1.54, 1.807) is 0 Å². The van der Waals surface area contributed by atoms with Crippen LogP contribution < -0.4 is 5.32 Å². The first-order valence-corrected chi connectivity index (χ1v) is 8.06. The molecule has 0 aliphatic carbocycles. The maximum atomic E-state index is 3.52. The maximum absolute atomic E-state index is 3.52. The van der Waals surface area contributed by atoms with Crippen molar-refractivity contribution >= 4 is 27.7 Å². The molecule has 17 heavy (non-hydrogen) atoms. The molecule has 0 amide bonds. The molecule has 0 heterocycles. The maximum Gasteiger partial charge on any atom is 0.0195 e. The van der Waals surface area contributed by atoms with E-state index in [0.29, 0.717) is 6.04 Å². The molecule has 0 aromatic heterocycles. The molecule has 0 radical (unpaired) electrons. The largest absolute Gasteiger partial charge is 0.316 e. The van der Waals surface area contributed by atoms with Crippen LogP contribution >= 0.6 is 27.7 Å².